The number of aryl methyl sites for hydroxylation is 1. The molecule has 0 amide bonds. The van der Waals surface area contributed by atoms with Crippen LogP contribution in [0.1, 0.15) is 30.1 Å². The highest BCUT2D eigenvalue weighted by molar-refractivity contribution is 6.29. The van der Waals surface area contributed by atoms with Crippen molar-refractivity contribution < 1.29 is 9.66 Å². The Labute approximate surface area is 126 Å². The number of rotatable bonds is 3. The lowest BCUT2D eigenvalue weighted by Gasteiger charge is -2.25. The summed E-state index contributed by atoms with van der Waals surface area (Å²) in [6.07, 6.45) is 2.77. The molecule has 0 saturated carbocycles. The van der Waals surface area contributed by atoms with Crippen LogP contribution in [0.2, 0.25) is 5.15 Å². The van der Waals surface area contributed by atoms with Gasteiger partial charge in [0, 0.05) is 0 Å². The first-order valence-corrected chi connectivity index (χ1v) is 7.08. The van der Waals surface area contributed by atoms with Gasteiger partial charge in [0.1, 0.15) is 11.3 Å². The van der Waals surface area contributed by atoms with E-state index in [0.717, 1.165) is 24.8 Å². The highest BCUT2D eigenvalue weighted by Crippen LogP contribution is 2.34. The average molecular weight is 305 g/mol. The summed E-state index contributed by atoms with van der Waals surface area (Å²) >= 11 is 5.82. The zero-order valence-electron chi connectivity index (χ0n) is 11.2. The van der Waals surface area contributed by atoms with E-state index in [1.807, 2.05) is 18.2 Å². The summed E-state index contributed by atoms with van der Waals surface area (Å²) in [6.45, 7) is 0. The van der Waals surface area contributed by atoms with E-state index >= 15 is 0 Å². The minimum absolute atomic E-state index is 0.0586. The molecule has 1 aliphatic carbocycles. The molecule has 0 fully saturated rings. The highest BCUT2D eigenvalue weighted by atomic mass is 35.5. The van der Waals surface area contributed by atoms with Crippen molar-refractivity contribution in [2.45, 2.75) is 25.4 Å². The third kappa shape index (κ3) is 2.97. The molecule has 1 aliphatic rings. The Balaban J connectivity index is 1.90. The maximum absolute atomic E-state index is 10.9. The quantitative estimate of drug-likeness (QED) is 0.486. The predicted molar refractivity (Wildman–Crippen MR) is 78.7 cm³/mol. The molecule has 21 heavy (non-hydrogen) atoms. The van der Waals surface area contributed by atoms with Crippen LogP contribution in [0.25, 0.3) is 0 Å². The molecule has 5 nitrogen and oxygen atoms in total. The highest BCUT2D eigenvalue weighted by Gasteiger charge is 2.22. The molecule has 1 aromatic heterocycles. The Morgan fingerprint density at radius 3 is 2.95 bits per heavy atom. The number of fused-ring (bicyclic) bond motifs is 1. The summed E-state index contributed by atoms with van der Waals surface area (Å²) in [5.41, 5.74) is 2.26. The molecular formula is C15H13ClN2O3. The van der Waals surface area contributed by atoms with Crippen molar-refractivity contribution in [2.75, 3.05) is 0 Å². The summed E-state index contributed by atoms with van der Waals surface area (Å²) in [5.74, 6) is 0.191. The van der Waals surface area contributed by atoms with Crippen LogP contribution >= 0.6 is 11.6 Å². The van der Waals surface area contributed by atoms with Gasteiger partial charge >= 0.3 is 0 Å². The minimum Gasteiger partial charge on any atom is -0.469 e. The fourth-order valence-corrected chi connectivity index (χ4v) is 2.80. The molecule has 0 N–H and O–H groups in total. The van der Waals surface area contributed by atoms with E-state index < -0.39 is 4.92 Å². The normalized spacial score (nSPS) is 17.1. The topological polar surface area (TPSA) is 65.3 Å². The van der Waals surface area contributed by atoms with E-state index in [2.05, 4.69) is 11.1 Å². The Morgan fingerprint density at radius 2 is 2.14 bits per heavy atom. The number of ether oxygens (including phenoxy) is 1. The number of nitrogens with zero attached hydrogens (tertiary/aromatic N) is 2. The van der Waals surface area contributed by atoms with Gasteiger partial charge in [-0.25, -0.2) is 4.98 Å². The summed E-state index contributed by atoms with van der Waals surface area (Å²) in [6, 6.07) is 10.6. The summed E-state index contributed by atoms with van der Waals surface area (Å²) in [5, 5.41) is 10.9. The largest absolute Gasteiger partial charge is 0.469 e. The van der Waals surface area contributed by atoms with Crippen molar-refractivity contribution in [1.29, 1.82) is 0 Å². The van der Waals surface area contributed by atoms with Crippen molar-refractivity contribution in [1.82, 2.24) is 4.98 Å². The van der Waals surface area contributed by atoms with Crippen LogP contribution in [0, 0.1) is 10.1 Å². The lowest BCUT2D eigenvalue weighted by Crippen LogP contribution is -2.15. The molecule has 3 rings (SSSR count). The van der Waals surface area contributed by atoms with Crippen LogP contribution in [-0.4, -0.2) is 9.91 Å². The van der Waals surface area contributed by atoms with Crippen molar-refractivity contribution in [2.24, 2.45) is 0 Å². The van der Waals surface area contributed by atoms with Gasteiger partial charge in [0.15, 0.2) is 0 Å². The lowest BCUT2D eigenvalue weighted by molar-refractivity contribution is -0.385. The minimum atomic E-state index is -0.505. The van der Waals surface area contributed by atoms with E-state index in [9.17, 15) is 10.1 Å². The Bertz CT molecular complexity index is 690. The number of pyridine rings is 1. The summed E-state index contributed by atoms with van der Waals surface area (Å²) in [4.78, 5) is 14.4. The second-order valence-electron chi connectivity index (χ2n) is 4.94. The molecule has 0 bridgehead atoms. The zero-order chi connectivity index (χ0) is 14.8. The van der Waals surface area contributed by atoms with Crippen LogP contribution in [-0.2, 0) is 6.42 Å². The smallest absolute Gasteiger partial charge is 0.277 e. The van der Waals surface area contributed by atoms with Gasteiger partial charge in [0.25, 0.3) is 5.69 Å². The SMILES string of the molecule is O=[N+]([O-])c1cc(Cl)nc(OC2CCCc3ccccc32)c1. The number of halogens is 1. The monoisotopic (exact) mass is 304 g/mol. The van der Waals surface area contributed by atoms with Gasteiger partial charge in [0.2, 0.25) is 5.88 Å². The third-order valence-electron chi connectivity index (χ3n) is 3.54. The molecule has 1 aromatic carbocycles. The molecule has 108 valence electrons. The number of benzene rings is 1. The molecule has 0 radical (unpaired) electrons. The van der Waals surface area contributed by atoms with Gasteiger partial charge in [-0.05, 0) is 30.4 Å². The maximum Gasteiger partial charge on any atom is 0.277 e. The van der Waals surface area contributed by atoms with Crippen molar-refractivity contribution >= 4 is 17.3 Å². The van der Waals surface area contributed by atoms with Gasteiger partial charge in [0.05, 0.1) is 17.1 Å². The van der Waals surface area contributed by atoms with Gasteiger partial charge in [-0.1, -0.05) is 35.9 Å². The second kappa shape index (κ2) is 5.69. The van der Waals surface area contributed by atoms with E-state index in [1.54, 1.807) is 0 Å². The van der Waals surface area contributed by atoms with E-state index in [-0.39, 0.29) is 22.8 Å². The average Bonchev–Trinajstić information content (AvgIpc) is 2.47. The summed E-state index contributed by atoms with van der Waals surface area (Å²) < 4.78 is 5.85. The fourth-order valence-electron chi connectivity index (χ4n) is 2.60. The standard InChI is InChI=1S/C15H13ClN2O3/c16-14-8-11(18(19)20)9-15(17-14)21-13-7-3-5-10-4-1-2-6-12(10)13/h1-2,4,6,8-9,13H,3,5,7H2. The van der Waals surface area contributed by atoms with E-state index in [4.69, 9.17) is 16.3 Å². The van der Waals surface area contributed by atoms with E-state index in [0.29, 0.717) is 0 Å². The molecule has 0 aliphatic heterocycles. The Morgan fingerprint density at radius 1 is 1.33 bits per heavy atom. The molecule has 1 unspecified atom stereocenters. The Hall–Kier alpha value is -2.14. The fraction of sp³-hybridized carbons (Fsp3) is 0.267. The van der Waals surface area contributed by atoms with Gasteiger partial charge in [-0.3, -0.25) is 10.1 Å². The molecule has 2 aromatic rings. The lowest BCUT2D eigenvalue weighted by atomic mass is 9.89. The first-order chi connectivity index (χ1) is 10.1. The maximum atomic E-state index is 10.9. The molecular weight excluding hydrogens is 292 g/mol. The van der Waals surface area contributed by atoms with Crippen molar-refractivity contribution in [3.05, 3.63) is 62.8 Å². The van der Waals surface area contributed by atoms with E-state index in [1.165, 1.54) is 17.7 Å². The van der Waals surface area contributed by atoms with Crippen molar-refractivity contribution in [3.63, 3.8) is 0 Å². The second-order valence-corrected chi connectivity index (χ2v) is 5.33. The molecule has 0 saturated heterocycles. The molecule has 1 heterocycles. The van der Waals surface area contributed by atoms with Crippen molar-refractivity contribution in [3.8, 4) is 5.88 Å². The first kappa shape index (κ1) is 13.8. The zero-order valence-corrected chi connectivity index (χ0v) is 11.9. The van der Waals surface area contributed by atoms with Crippen LogP contribution < -0.4 is 4.74 Å². The number of aromatic nitrogens is 1. The van der Waals surface area contributed by atoms with Gasteiger partial charge in [-0.15, -0.1) is 0 Å². The van der Waals surface area contributed by atoms with Crippen LogP contribution in [0.15, 0.2) is 36.4 Å². The predicted octanol–water partition coefficient (Wildman–Crippen LogP) is 4.10. The van der Waals surface area contributed by atoms with Crippen LogP contribution in [0.4, 0.5) is 5.69 Å². The molecule has 0 spiro atoms. The number of hydrogen-bond donors (Lipinski definition) is 0. The van der Waals surface area contributed by atoms with Crippen LogP contribution in [0.3, 0.4) is 0 Å². The molecule has 6 heteroatoms. The van der Waals surface area contributed by atoms with Gasteiger partial charge in [-0.2, -0.15) is 0 Å². The summed E-state index contributed by atoms with van der Waals surface area (Å²) in [7, 11) is 0. The number of nitro groups is 1. The Kier molecular flexibility index (Phi) is 3.75. The third-order valence-corrected chi connectivity index (χ3v) is 3.74. The van der Waals surface area contributed by atoms with Crippen LogP contribution in [0.5, 0.6) is 5.88 Å². The number of hydrogen-bond acceptors (Lipinski definition) is 4. The van der Waals surface area contributed by atoms with Gasteiger partial charge < -0.3 is 4.74 Å². The molecule has 1 atom stereocenters. The first-order valence-electron chi connectivity index (χ1n) is 6.70.